The summed E-state index contributed by atoms with van der Waals surface area (Å²) < 4.78 is 25.8. The molecule has 1 aliphatic carbocycles. The van der Waals surface area contributed by atoms with Crippen LogP contribution in [-0.4, -0.2) is 19.6 Å². The Labute approximate surface area is 161 Å². The third-order valence-electron chi connectivity index (χ3n) is 5.25. The SMILES string of the molecule is CC(C)c1ccc(NC(=O)c2cccc(S(=O)(=O)C3CCCCC3)c2)cc1. The molecular weight excluding hydrogens is 358 g/mol. The van der Waals surface area contributed by atoms with Crippen LogP contribution in [0, 0.1) is 0 Å². The molecule has 0 atom stereocenters. The molecule has 0 heterocycles. The van der Waals surface area contributed by atoms with Crippen molar-refractivity contribution < 1.29 is 13.2 Å². The minimum atomic E-state index is -3.39. The fourth-order valence-corrected chi connectivity index (χ4v) is 5.44. The smallest absolute Gasteiger partial charge is 0.255 e. The third-order valence-corrected chi connectivity index (χ3v) is 7.51. The summed E-state index contributed by atoms with van der Waals surface area (Å²) in [6, 6.07) is 14.1. The van der Waals surface area contributed by atoms with Crippen LogP contribution in [0.2, 0.25) is 0 Å². The van der Waals surface area contributed by atoms with E-state index >= 15 is 0 Å². The average molecular weight is 386 g/mol. The molecule has 144 valence electrons. The van der Waals surface area contributed by atoms with Gasteiger partial charge in [-0.3, -0.25) is 4.79 Å². The van der Waals surface area contributed by atoms with E-state index in [9.17, 15) is 13.2 Å². The predicted molar refractivity (Wildman–Crippen MR) is 109 cm³/mol. The van der Waals surface area contributed by atoms with Gasteiger partial charge in [0, 0.05) is 11.3 Å². The molecule has 1 amide bonds. The zero-order valence-electron chi connectivity index (χ0n) is 15.9. The summed E-state index contributed by atoms with van der Waals surface area (Å²) in [5.74, 6) is 0.129. The Morgan fingerprint density at radius 2 is 1.67 bits per heavy atom. The highest BCUT2D eigenvalue weighted by atomic mass is 32.2. The van der Waals surface area contributed by atoms with Crippen molar-refractivity contribution in [3.05, 3.63) is 59.7 Å². The standard InChI is InChI=1S/C22H27NO3S/c1-16(2)17-11-13-19(14-12-17)23-22(24)18-7-6-10-21(15-18)27(25,26)20-8-4-3-5-9-20/h6-7,10-16,20H,3-5,8-9H2,1-2H3,(H,23,24). The summed E-state index contributed by atoms with van der Waals surface area (Å²) in [5.41, 5.74) is 2.26. The highest BCUT2D eigenvalue weighted by Gasteiger charge is 2.29. The van der Waals surface area contributed by atoms with E-state index in [1.54, 1.807) is 18.2 Å². The second-order valence-corrected chi connectivity index (χ2v) is 9.79. The van der Waals surface area contributed by atoms with Crippen LogP contribution in [0.3, 0.4) is 0 Å². The molecule has 1 saturated carbocycles. The van der Waals surface area contributed by atoms with Crippen LogP contribution in [0.25, 0.3) is 0 Å². The summed E-state index contributed by atoms with van der Waals surface area (Å²) in [4.78, 5) is 12.8. The number of amides is 1. The maximum absolute atomic E-state index is 12.9. The molecule has 3 rings (SSSR count). The van der Waals surface area contributed by atoms with Gasteiger partial charge in [0.2, 0.25) is 0 Å². The number of benzene rings is 2. The van der Waals surface area contributed by atoms with Gasteiger partial charge >= 0.3 is 0 Å². The van der Waals surface area contributed by atoms with E-state index in [0.29, 0.717) is 30.0 Å². The van der Waals surface area contributed by atoms with E-state index in [1.165, 1.54) is 11.6 Å². The number of hydrogen-bond donors (Lipinski definition) is 1. The van der Waals surface area contributed by atoms with Crippen LogP contribution in [-0.2, 0) is 9.84 Å². The van der Waals surface area contributed by atoms with Gasteiger partial charge in [-0.1, -0.05) is 51.3 Å². The van der Waals surface area contributed by atoms with Crippen molar-refractivity contribution in [2.24, 2.45) is 0 Å². The number of hydrogen-bond acceptors (Lipinski definition) is 3. The van der Waals surface area contributed by atoms with Gasteiger partial charge in [-0.05, 0) is 54.7 Å². The first kappa shape index (κ1) is 19.6. The largest absolute Gasteiger partial charge is 0.322 e. The van der Waals surface area contributed by atoms with Gasteiger partial charge in [0.05, 0.1) is 10.1 Å². The highest BCUT2D eigenvalue weighted by Crippen LogP contribution is 2.29. The minimum absolute atomic E-state index is 0.247. The van der Waals surface area contributed by atoms with Crippen LogP contribution in [0.1, 0.15) is 67.8 Å². The number of sulfone groups is 1. The molecule has 0 radical (unpaired) electrons. The maximum Gasteiger partial charge on any atom is 0.255 e. The molecule has 1 aliphatic rings. The first-order chi connectivity index (χ1) is 12.9. The molecule has 2 aromatic carbocycles. The fraction of sp³-hybridized carbons (Fsp3) is 0.409. The lowest BCUT2D eigenvalue weighted by molar-refractivity contribution is 0.102. The van der Waals surface area contributed by atoms with Crippen LogP contribution < -0.4 is 5.32 Å². The number of rotatable bonds is 5. The van der Waals surface area contributed by atoms with Crippen LogP contribution in [0.15, 0.2) is 53.4 Å². The molecule has 1 N–H and O–H groups in total. The second-order valence-electron chi connectivity index (χ2n) is 7.56. The molecule has 0 aliphatic heterocycles. The summed E-state index contributed by atoms with van der Waals surface area (Å²) >= 11 is 0. The molecule has 0 aromatic heterocycles. The molecule has 0 unspecified atom stereocenters. The van der Waals surface area contributed by atoms with E-state index in [2.05, 4.69) is 19.2 Å². The lowest BCUT2D eigenvalue weighted by Crippen LogP contribution is -2.24. The maximum atomic E-state index is 12.9. The normalized spacial score (nSPS) is 15.7. The van der Waals surface area contributed by atoms with E-state index in [0.717, 1.165) is 19.3 Å². The van der Waals surface area contributed by atoms with Crippen molar-refractivity contribution in [3.8, 4) is 0 Å². The Morgan fingerprint density at radius 3 is 2.30 bits per heavy atom. The van der Waals surface area contributed by atoms with Crippen molar-refractivity contribution in [1.82, 2.24) is 0 Å². The quantitative estimate of drug-likeness (QED) is 0.772. The first-order valence-electron chi connectivity index (χ1n) is 9.63. The average Bonchev–Trinajstić information content (AvgIpc) is 2.69. The monoisotopic (exact) mass is 385 g/mol. The summed E-state index contributed by atoms with van der Waals surface area (Å²) in [5, 5.41) is 2.52. The summed E-state index contributed by atoms with van der Waals surface area (Å²) in [6.07, 6.45) is 4.43. The van der Waals surface area contributed by atoms with Gasteiger partial charge in [0.1, 0.15) is 0 Å². The first-order valence-corrected chi connectivity index (χ1v) is 11.2. The zero-order chi connectivity index (χ0) is 19.4. The summed E-state index contributed by atoms with van der Waals surface area (Å²) in [6.45, 7) is 4.23. The Morgan fingerprint density at radius 1 is 1.00 bits per heavy atom. The van der Waals surface area contributed by atoms with E-state index in [-0.39, 0.29) is 16.1 Å². The van der Waals surface area contributed by atoms with Crippen LogP contribution in [0.4, 0.5) is 5.69 Å². The second kappa shape index (κ2) is 8.26. The van der Waals surface area contributed by atoms with E-state index < -0.39 is 9.84 Å². The van der Waals surface area contributed by atoms with Gasteiger partial charge in [0.25, 0.3) is 5.91 Å². The van der Waals surface area contributed by atoms with Crippen molar-refractivity contribution in [2.45, 2.75) is 62.0 Å². The highest BCUT2D eigenvalue weighted by molar-refractivity contribution is 7.92. The molecule has 1 fully saturated rings. The van der Waals surface area contributed by atoms with Crippen molar-refractivity contribution in [2.75, 3.05) is 5.32 Å². The van der Waals surface area contributed by atoms with Gasteiger partial charge in [-0.25, -0.2) is 8.42 Å². The third kappa shape index (κ3) is 4.59. The molecule has 0 bridgehead atoms. The fourth-order valence-electron chi connectivity index (χ4n) is 3.54. The van der Waals surface area contributed by atoms with Gasteiger partial charge in [-0.2, -0.15) is 0 Å². The predicted octanol–water partition coefficient (Wildman–Crippen LogP) is 5.17. The molecule has 0 spiro atoms. The lowest BCUT2D eigenvalue weighted by Gasteiger charge is -2.22. The van der Waals surface area contributed by atoms with Gasteiger partial charge < -0.3 is 5.32 Å². The molecule has 5 heteroatoms. The Bertz CT molecular complexity index is 895. The van der Waals surface area contributed by atoms with E-state index in [1.807, 2.05) is 24.3 Å². The Kier molecular flexibility index (Phi) is 6.00. The number of carbonyl (C=O) groups excluding carboxylic acids is 1. The zero-order valence-corrected chi connectivity index (χ0v) is 16.8. The number of anilines is 1. The topological polar surface area (TPSA) is 63.2 Å². The Balaban J connectivity index is 1.77. The Hall–Kier alpha value is -2.14. The van der Waals surface area contributed by atoms with Gasteiger partial charge in [-0.15, -0.1) is 0 Å². The summed E-state index contributed by atoms with van der Waals surface area (Å²) in [7, 11) is -3.39. The molecule has 0 saturated heterocycles. The number of nitrogens with one attached hydrogen (secondary N) is 1. The van der Waals surface area contributed by atoms with Gasteiger partial charge in [0.15, 0.2) is 9.84 Å². The van der Waals surface area contributed by atoms with Crippen molar-refractivity contribution in [1.29, 1.82) is 0 Å². The molecule has 2 aromatic rings. The van der Waals surface area contributed by atoms with Crippen molar-refractivity contribution >= 4 is 21.4 Å². The minimum Gasteiger partial charge on any atom is -0.322 e. The van der Waals surface area contributed by atoms with Crippen LogP contribution >= 0.6 is 0 Å². The van der Waals surface area contributed by atoms with Crippen LogP contribution in [0.5, 0.6) is 0 Å². The van der Waals surface area contributed by atoms with E-state index in [4.69, 9.17) is 0 Å². The lowest BCUT2D eigenvalue weighted by atomic mass is 10.0. The molecule has 27 heavy (non-hydrogen) atoms. The molecule has 4 nitrogen and oxygen atoms in total. The number of carbonyl (C=O) groups is 1. The van der Waals surface area contributed by atoms with Crippen molar-refractivity contribution in [3.63, 3.8) is 0 Å². The molecular formula is C22H27NO3S.